The maximum atomic E-state index is 3.48. The van der Waals surface area contributed by atoms with Gasteiger partial charge in [0.15, 0.2) is 0 Å². The summed E-state index contributed by atoms with van der Waals surface area (Å²) in [7, 11) is 2.14. The molecule has 1 saturated heterocycles. The zero-order valence-corrected chi connectivity index (χ0v) is 11.9. The number of nitrogens with one attached hydrogen (secondary N) is 1. The van der Waals surface area contributed by atoms with Crippen LogP contribution in [-0.4, -0.2) is 35.6 Å². The van der Waals surface area contributed by atoms with Crippen LogP contribution >= 0.6 is 0 Å². The van der Waals surface area contributed by atoms with Crippen LogP contribution in [0.1, 0.15) is 24.9 Å². The van der Waals surface area contributed by atoms with E-state index in [2.05, 4.69) is 59.2 Å². The number of para-hydroxylation sites is 1. The minimum Gasteiger partial charge on any atom is -0.350 e. The van der Waals surface area contributed by atoms with Gasteiger partial charge in [-0.3, -0.25) is 4.90 Å². The van der Waals surface area contributed by atoms with Gasteiger partial charge in [0, 0.05) is 43.3 Å². The van der Waals surface area contributed by atoms with Crippen LogP contribution in [-0.2, 0) is 7.05 Å². The molecule has 1 aliphatic heterocycles. The number of nitrogens with zero attached hydrogens (tertiary/aromatic N) is 2. The van der Waals surface area contributed by atoms with Crippen molar-refractivity contribution in [3.8, 4) is 0 Å². The molecule has 0 saturated carbocycles. The predicted molar refractivity (Wildman–Crippen MR) is 80.4 cm³/mol. The second kappa shape index (κ2) is 5.35. The first kappa shape index (κ1) is 12.7. The molecule has 1 N–H and O–H groups in total. The molecule has 3 heteroatoms. The third-order valence-corrected chi connectivity index (χ3v) is 4.30. The summed E-state index contributed by atoms with van der Waals surface area (Å²) in [5.74, 6) is 0. The van der Waals surface area contributed by atoms with Crippen LogP contribution in [0.4, 0.5) is 0 Å². The summed E-state index contributed by atoms with van der Waals surface area (Å²) in [5.41, 5.74) is 2.79. The van der Waals surface area contributed by atoms with Gasteiger partial charge in [0.25, 0.3) is 0 Å². The van der Waals surface area contributed by atoms with Gasteiger partial charge in [0.1, 0.15) is 0 Å². The molecule has 1 aromatic heterocycles. The number of fused-ring (bicyclic) bond motifs is 1. The normalized spacial score (nSPS) is 19.5. The van der Waals surface area contributed by atoms with Crippen molar-refractivity contribution in [2.75, 3.05) is 26.2 Å². The molecule has 1 aromatic carbocycles. The molecule has 0 aliphatic carbocycles. The number of benzene rings is 1. The summed E-state index contributed by atoms with van der Waals surface area (Å²) < 4.78 is 2.25. The fourth-order valence-corrected chi connectivity index (χ4v) is 3.16. The Balaban J connectivity index is 1.94. The van der Waals surface area contributed by atoms with Crippen LogP contribution in [0.15, 0.2) is 30.5 Å². The van der Waals surface area contributed by atoms with Gasteiger partial charge < -0.3 is 9.88 Å². The SMILES string of the molecule is CC(c1cn(C)c2ccccc12)N1CCCNCC1. The summed E-state index contributed by atoms with van der Waals surface area (Å²) in [6.07, 6.45) is 3.54. The molecule has 1 fully saturated rings. The minimum atomic E-state index is 0.492. The highest BCUT2D eigenvalue weighted by Crippen LogP contribution is 2.29. The molecular weight excluding hydrogens is 234 g/mol. The van der Waals surface area contributed by atoms with Crippen LogP contribution in [0.25, 0.3) is 10.9 Å². The smallest absolute Gasteiger partial charge is 0.0481 e. The summed E-state index contributed by atoms with van der Waals surface area (Å²) >= 11 is 0. The minimum absolute atomic E-state index is 0.492. The van der Waals surface area contributed by atoms with E-state index in [0.29, 0.717) is 6.04 Å². The monoisotopic (exact) mass is 257 g/mol. The third kappa shape index (κ3) is 2.40. The van der Waals surface area contributed by atoms with E-state index in [1.54, 1.807) is 0 Å². The first-order chi connectivity index (χ1) is 9.27. The molecule has 0 spiro atoms. The Kier molecular flexibility index (Phi) is 3.58. The number of hydrogen-bond acceptors (Lipinski definition) is 2. The lowest BCUT2D eigenvalue weighted by atomic mass is 10.1. The molecule has 2 heterocycles. The van der Waals surface area contributed by atoms with Gasteiger partial charge in [-0.25, -0.2) is 0 Å². The second-order valence-corrected chi connectivity index (χ2v) is 5.53. The lowest BCUT2D eigenvalue weighted by molar-refractivity contribution is 0.226. The quantitative estimate of drug-likeness (QED) is 0.892. The van der Waals surface area contributed by atoms with E-state index in [1.807, 2.05) is 0 Å². The first-order valence-electron chi connectivity index (χ1n) is 7.26. The van der Waals surface area contributed by atoms with Crippen molar-refractivity contribution in [3.63, 3.8) is 0 Å². The van der Waals surface area contributed by atoms with Crippen molar-refractivity contribution in [1.29, 1.82) is 0 Å². The van der Waals surface area contributed by atoms with Crippen molar-refractivity contribution in [1.82, 2.24) is 14.8 Å². The standard InChI is InChI=1S/C16H23N3/c1-13(19-10-5-8-17-9-11-19)15-12-18(2)16-7-4-3-6-14(15)16/h3-4,6-7,12-13,17H,5,8-11H2,1-2H3. The van der Waals surface area contributed by atoms with Crippen molar-refractivity contribution in [2.24, 2.45) is 7.05 Å². The molecule has 102 valence electrons. The van der Waals surface area contributed by atoms with E-state index >= 15 is 0 Å². The van der Waals surface area contributed by atoms with Gasteiger partial charge in [0.05, 0.1) is 0 Å². The second-order valence-electron chi connectivity index (χ2n) is 5.53. The van der Waals surface area contributed by atoms with Crippen LogP contribution < -0.4 is 5.32 Å². The van der Waals surface area contributed by atoms with Crippen LogP contribution in [0.3, 0.4) is 0 Å². The lowest BCUT2D eigenvalue weighted by Crippen LogP contribution is -2.30. The van der Waals surface area contributed by atoms with Crippen LogP contribution in [0, 0.1) is 0 Å². The zero-order valence-electron chi connectivity index (χ0n) is 11.9. The lowest BCUT2D eigenvalue weighted by Gasteiger charge is -2.27. The highest BCUT2D eigenvalue weighted by Gasteiger charge is 2.20. The Hall–Kier alpha value is -1.32. The molecule has 2 aromatic rings. The molecule has 0 bridgehead atoms. The van der Waals surface area contributed by atoms with Gasteiger partial charge in [-0.2, -0.15) is 0 Å². The first-order valence-corrected chi connectivity index (χ1v) is 7.26. The van der Waals surface area contributed by atoms with Crippen LogP contribution in [0.5, 0.6) is 0 Å². The highest BCUT2D eigenvalue weighted by atomic mass is 15.2. The Morgan fingerprint density at radius 2 is 2.00 bits per heavy atom. The number of aryl methyl sites for hydroxylation is 1. The van der Waals surface area contributed by atoms with Crippen molar-refractivity contribution >= 4 is 10.9 Å². The molecule has 0 amide bonds. The molecule has 1 unspecified atom stereocenters. The van der Waals surface area contributed by atoms with Crippen molar-refractivity contribution in [2.45, 2.75) is 19.4 Å². The van der Waals surface area contributed by atoms with Crippen LogP contribution in [0.2, 0.25) is 0 Å². The fourth-order valence-electron chi connectivity index (χ4n) is 3.16. The van der Waals surface area contributed by atoms with Gasteiger partial charge in [0.2, 0.25) is 0 Å². The van der Waals surface area contributed by atoms with Gasteiger partial charge in [-0.1, -0.05) is 18.2 Å². The summed E-state index contributed by atoms with van der Waals surface area (Å²) in [6.45, 7) is 6.93. The van der Waals surface area contributed by atoms with E-state index in [0.717, 1.165) is 19.6 Å². The Labute approximate surface area is 115 Å². The molecule has 3 rings (SSSR count). The van der Waals surface area contributed by atoms with E-state index in [4.69, 9.17) is 0 Å². The summed E-state index contributed by atoms with van der Waals surface area (Å²) in [5, 5.41) is 4.88. The van der Waals surface area contributed by atoms with Gasteiger partial charge in [-0.05, 0) is 38.1 Å². The molecule has 3 nitrogen and oxygen atoms in total. The Morgan fingerprint density at radius 1 is 1.16 bits per heavy atom. The summed E-state index contributed by atoms with van der Waals surface area (Å²) in [6, 6.07) is 9.20. The molecule has 1 atom stereocenters. The molecule has 0 radical (unpaired) electrons. The molecule has 19 heavy (non-hydrogen) atoms. The molecular formula is C16H23N3. The average Bonchev–Trinajstić information content (AvgIpc) is 2.64. The molecule has 1 aliphatic rings. The topological polar surface area (TPSA) is 20.2 Å². The average molecular weight is 257 g/mol. The highest BCUT2D eigenvalue weighted by molar-refractivity contribution is 5.84. The number of rotatable bonds is 2. The fraction of sp³-hybridized carbons (Fsp3) is 0.500. The van der Waals surface area contributed by atoms with E-state index in [-0.39, 0.29) is 0 Å². The van der Waals surface area contributed by atoms with Gasteiger partial charge >= 0.3 is 0 Å². The predicted octanol–water partition coefficient (Wildman–Crippen LogP) is 2.53. The maximum Gasteiger partial charge on any atom is 0.0481 e. The van der Waals surface area contributed by atoms with Gasteiger partial charge in [-0.15, -0.1) is 0 Å². The van der Waals surface area contributed by atoms with E-state index in [9.17, 15) is 0 Å². The largest absolute Gasteiger partial charge is 0.350 e. The zero-order chi connectivity index (χ0) is 13.2. The third-order valence-electron chi connectivity index (χ3n) is 4.30. The van der Waals surface area contributed by atoms with Crippen molar-refractivity contribution in [3.05, 3.63) is 36.0 Å². The maximum absolute atomic E-state index is 3.48. The van der Waals surface area contributed by atoms with Crippen molar-refractivity contribution < 1.29 is 0 Å². The number of hydrogen-bond donors (Lipinski definition) is 1. The summed E-state index contributed by atoms with van der Waals surface area (Å²) in [4.78, 5) is 2.60. The Bertz CT molecular complexity index is 550. The van der Waals surface area contributed by atoms with E-state index in [1.165, 1.54) is 29.4 Å². The Morgan fingerprint density at radius 3 is 2.89 bits per heavy atom. The van der Waals surface area contributed by atoms with E-state index < -0.39 is 0 Å². The number of aromatic nitrogens is 1.